The van der Waals surface area contributed by atoms with E-state index in [0.29, 0.717) is 22.8 Å². The van der Waals surface area contributed by atoms with Gasteiger partial charge in [0.05, 0.1) is 11.8 Å². The van der Waals surface area contributed by atoms with E-state index in [0.717, 1.165) is 11.1 Å². The second-order valence-corrected chi connectivity index (χ2v) is 7.55. The van der Waals surface area contributed by atoms with Crippen molar-refractivity contribution in [3.63, 3.8) is 0 Å². The molecule has 0 bridgehead atoms. The smallest absolute Gasteiger partial charge is 0.255 e. The molecule has 5 nitrogen and oxygen atoms in total. The Hall–Kier alpha value is -2.86. The molecule has 0 aliphatic heterocycles. The van der Waals surface area contributed by atoms with Crippen molar-refractivity contribution >= 4 is 17.7 Å². The minimum atomic E-state index is -0.156. The van der Waals surface area contributed by atoms with Gasteiger partial charge in [-0.2, -0.15) is 0 Å². The highest BCUT2D eigenvalue weighted by atomic mass is 32.2. The third-order valence-corrected chi connectivity index (χ3v) is 5.31. The number of nitrogens with one attached hydrogen (secondary N) is 2. The number of carbonyl (C=O) groups is 1. The van der Waals surface area contributed by atoms with Crippen LogP contribution in [-0.2, 0) is 11.2 Å². The van der Waals surface area contributed by atoms with Gasteiger partial charge in [0, 0.05) is 17.7 Å². The fourth-order valence-corrected chi connectivity index (χ4v) is 3.62. The van der Waals surface area contributed by atoms with E-state index in [1.807, 2.05) is 74.5 Å². The summed E-state index contributed by atoms with van der Waals surface area (Å²) in [5.74, 6) is 0.0902. The predicted molar refractivity (Wildman–Crippen MR) is 113 cm³/mol. The summed E-state index contributed by atoms with van der Waals surface area (Å²) in [4.78, 5) is 32.0. The van der Waals surface area contributed by atoms with Crippen molar-refractivity contribution in [1.29, 1.82) is 0 Å². The Balaban J connectivity index is 1.60. The molecule has 0 aliphatic carbocycles. The first kappa shape index (κ1) is 19.9. The summed E-state index contributed by atoms with van der Waals surface area (Å²) >= 11 is 1.23. The molecule has 144 valence electrons. The number of hydrogen-bond acceptors (Lipinski definition) is 4. The molecule has 28 heavy (non-hydrogen) atoms. The Morgan fingerprint density at radius 2 is 1.75 bits per heavy atom. The lowest BCUT2D eigenvalue weighted by Crippen LogP contribution is -2.28. The predicted octanol–water partition coefficient (Wildman–Crippen LogP) is 3.64. The Bertz CT molecular complexity index is 988. The molecule has 0 radical (unpaired) electrons. The lowest BCUT2D eigenvalue weighted by Gasteiger charge is -2.14. The molecule has 3 aromatic rings. The van der Waals surface area contributed by atoms with Crippen LogP contribution in [0, 0.1) is 6.92 Å². The summed E-state index contributed by atoms with van der Waals surface area (Å²) in [6.45, 7) is 3.77. The molecule has 0 saturated carbocycles. The zero-order chi connectivity index (χ0) is 19.9. The van der Waals surface area contributed by atoms with Crippen LogP contribution in [-0.4, -0.2) is 21.6 Å². The van der Waals surface area contributed by atoms with Gasteiger partial charge in [-0.05, 0) is 25.0 Å². The number of rotatable bonds is 7. The summed E-state index contributed by atoms with van der Waals surface area (Å²) in [5, 5.41) is 3.42. The van der Waals surface area contributed by atoms with Gasteiger partial charge in [0.1, 0.15) is 0 Å². The number of carbonyl (C=O) groups excluding carboxylic acids is 1. The van der Waals surface area contributed by atoms with Crippen LogP contribution >= 0.6 is 11.8 Å². The SMILES string of the molecule is Cc1nc(SCC(=O)NC(C)c2ccccc2)[nH]c(=O)c1Cc1ccccc1. The zero-order valence-corrected chi connectivity index (χ0v) is 16.8. The third kappa shape index (κ3) is 5.33. The van der Waals surface area contributed by atoms with E-state index in [2.05, 4.69) is 15.3 Å². The second kappa shape index (κ2) is 9.37. The van der Waals surface area contributed by atoms with Gasteiger partial charge >= 0.3 is 0 Å². The van der Waals surface area contributed by atoms with Gasteiger partial charge in [0.25, 0.3) is 5.56 Å². The topological polar surface area (TPSA) is 74.8 Å². The number of H-pyrrole nitrogens is 1. The summed E-state index contributed by atoms with van der Waals surface area (Å²) in [6, 6.07) is 19.5. The van der Waals surface area contributed by atoms with Crippen molar-refractivity contribution in [2.45, 2.75) is 31.5 Å². The minimum absolute atomic E-state index is 0.0729. The van der Waals surface area contributed by atoms with Gasteiger partial charge in [-0.25, -0.2) is 4.98 Å². The first-order valence-corrected chi connectivity index (χ1v) is 10.1. The molecule has 3 rings (SSSR count). The maximum Gasteiger partial charge on any atom is 0.255 e. The highest BCUT2D eigenvalue weighted by molar-refractivity contribution is 7.99. The fraction of sp³-hybridized carbons (Fsp3) is 0.227. The quantitative estimate of drug-likeness (QED) is 0.475. The number of thioether (sulfide) groups is 1. The molecule has 0 saturated heterocycles. The van der Waals surface area contributed by atoms with Crippen molar-refractivity contribution < 1.29 is 4.79 Å². The molecular weight excluding hydrogens is 370 g/mol. The summed E-state index contributed by atoms with van der Waals surface area (Å²) < 4.78 is 0. The molecule has 1 aromatic heterocycles. The molecule has 0 fully saturated rings. The molecule has 1 unspecified atom stereocenters. The Kier molecular flexibility index (Phi) is 6.66. The van der Waals surface area contributed by atoms with E-state index in [4.69, 9.17) is 0 Å². The van der Waals surface area contributed by atoms with Crippen LogP contribution in [0.5, 0.6) is 0 Å². The van der Waals surface area contributed by atoms with Crippen LogP contribution < -0.4 is 10.9 Å². The maximum absolute atomic E-state index is 12.5. The van der Waals surface area contributed by atoms with Crippen molar-refractivity contribution in [2.24, 2.45) is 0 Å². The molecule has 0 aliphatic rings. The Morgan fingerprint density at radius 3 is 2.39 bits per heavy atom. The summed E-state index contributed by atoms with van der Waals surface area (Å²) in [7, 11) is 0. The van der Waals surface area contributed by atoms with Gasteiger partial charge in [0.15, 0.2) is 5.16 Å². The molecule has 6 heteroatoms. The standard InChI is InChI=1S/C22H23N3O2S/c1-15(18-11-7-4-8-12-18)23-20(26)14-28-22-24-16(2)19(21(27)25-22)13-17-9-5-3-6-10-17/h3-12,15H,13-14H2,1-2H3,(H,23,26)(H,24,25,27). The minimum Gasteiger partial charge on any atom is -0.349 e. The van der Waals surface area contributed by atoms with Gasteiger partial charge in [0.2, 0.25) is 5.91 Å². The number of hydrogen-bond donors (Lipinski definition) is 2. The first-order valence-electron chi connectivity index (χ1n) is 9.13. The number of benzene rings is 2. The van der Waals surface area contributed by atoms with E-state index in [9.17, 15) is 9.59 Å². The molecule has 2 N–H and O–H groups in total. The lowest BCUT2D eigenvalue weighted by molar-refractivity contribution is -0.119. The molecule has 1 atom stereocenters. The molecular formula is C22H23N3O2S. The van der Waals surface area contributed by atoms with Crippen molar-refractivity contribution in [3.8, 4) is 0 Å². The van der Waals surface area contributed by atoms with Crippen molar-refractivity contribution in [3.05, 3.63) is 93.4 Å². The summed E-state index contributed by atoms with van der Waals surface area (Å²) in [6.07, 6.45) is 0.537. The number of nitrogens with zero attached hydrogens (tertiary/aromatic N) is 1. The van der Waals surface area contributed by atoms with E-state index in [1.54, 1.807) is 0 Å². The number of aromatic nitrogens is 2. The monoisotopic (exact) mass is 393 g/mol. The van der Waals surface area contributed by atoms with Crippen LogP contribution in [0.2, 0.25) is 0 Å². The average molecular weight is 394 g/mol. The first-order chi connectivity index (χ1) is 13.5. The van der Waals surface area contributed by atoms with Gasteiger partial charge < -0.3 is 10.3 Å². The van der Waals surface area contributed by atoms with Crippen molar-refractivity contribution in [2.75, 3.05) is 5.75 Å². The molecule has 0 spiro atoms. The normalized spacial score (nSPS) is 11.8. The van der Waals surface area contributed by atoms with Crippen LogP contribution in [0.4, 0.5) is 0 Å². The lowest BCUT2D eigenvalue weighted by atomic mass is 10.1. The van der Waals surface area contributed by atoms with Crippen molar-refractivity contribution in [1.82, 2.24) is 15.3 Å². The van der Waals surface area contributed by atoms with Gasteiger partial charge in [-0.3, -0.25) is 9.59 Å². The third-order valence-electron chi connectivity index (χ3n) is 4.44. The highest BCUT2D eigenvalue weighted by Crippen LogP contribution is 2.16. The van der Waals surface area contributed by atoms with E-state index >= 15 is 0 Å². The maximum atomic E-state index is 12.5. The molecule has 1 amide bonds. The Morgan fingerprint density at radius 1 is 1.11 bits per heavy atom. The number of aryl methyl sites for hydroxylation is 1. The van der Waals surface area contributed by atoms with Gasteiger partial charge in [-0.15, -0.1) is 0 Å². The zero-order valence-electron chi connectivity index (χ0n) is 15.9. The number of aromatic amines is 1. The van der Waals surface area contributed by atoms with E-state index in [1.165, 1.54) is 11.8 Å². The van der Waals surface area contributed by atoms with Crippen LogP contribution in [0.15, 0.2) is 70.6 Å². The van der Waals surface area contributed by atoms with Gasteiger partial charge in [-0.1, -0.05) is 72.4 Å². The van der Waals surface area contributed by atoms with E-state index in [-0.39, 0.29) is 23.3 Å². The average Bonchev–Trinajstić information content (AvgIpc) is 2.70. The van der Waals surface area contributed by atoms with Crippen LogP contribution in [0.25, 0.3) is 0 Å². The molecule has 2 aromatic carbocycles. The Labute approximate surface area is 168 Å². The number of amides is 1. The summed E-state index contributed by atoms with van der Waals surface area (Å²) in [5.41, 5.74) is 3.30. The highest BCUT2D eigenvalue weighted by Gasteiger charge is 2.13. The van der Waals surface area contributed by atoms with Crippen LogP contribution in [0.3, 0.4) is 0 Å². The second-order valence-electron chi connectivity index (χ2n) is 6.59. The largest absolute Gasteiger partial charge is 0.349 e. The molecule has 1 heterocycles. The van der Waals surface area contributed by atoms with Crippen LogP contribution in [0.1, 0.15) is 35.3 Å². The fourth-order valence-electron chi connectivity index (χ4n) is 2.90. The van der Waals surface area contributed by atoms with E-state index < -0.39 is 0 Å².